The maximum atomic E-state index is 13.5. The third kappa shape index (κ3) is 4.52. The van der Waals surface area contributed by atoms with E-state index in [9.17, 15) is 19.1 Å². The summed E-state index contributed by atoms with van der Waals surface area (Å²) in [5, 5.41) is 12.9. The standard InChI is InChI=1S/C26H23FN4O3/c1-30(22(17-10-5-3-6-11-17)18-12-7-4-8-13-18)26-29-21(23(32)25(34)31(26)2)24(33)28-20-15-9-14-19(27)16-20/h3-16,22,32H,1-2H3,(H,28,33). The summed E-state index contributed by atoms with van der Waals surface area (Å²) in [5.74, 6) is -1.98. The Labute approximate surface area is 195 Å². The van der Waals surface area contributed by atoms with Crippen LogP contribution in [0.3, 0.4) is 0 Å². The van der Waals surface area contributed by atoms with Gasteiger partial charge in [0.2, 0.25) is 11.7 Å². The molecular weight excluding hydrogens is 435 g/mol. The van der Waals surface area contributed by atoms with Crippen LogP contribution >= 0.6 is 0 Å². The number of rotatable bonds is 6. The first-order valence-electron chi connectivity index (χ1n) is 10.6. The van der Waals surface area contributed by atoms with E-state index in [0.717, 1.165) is 17.2 Å². The second-order valence-electron chi connectivity index (χ2n) is 7.77. The van der Waals surface area contributed by atoms with Gasteiger partial charge in [-0.3, -0.25) is 14.2 Å². The molecule has 0 unspecified atom stereocenters. The predicted molar refractivity (Wildman–Crippen MR) is 129 cm³/mol. The summed E-state index contributed by atoms with van der Waals surface area (Å²) in [6.45, 7) is 0. The molecule has 2 N–H and O–H groups in total. The number of carbonyl (C=O) groups is 1. The van der Waals surface area contributed by atoms with Crippen LogP contribution in [-0.2, 0) is 7.05 Å². The van der Waals surface area contributed by atoms with Crippen LogP contribution in [-0.4, -0.2) is 27.6 Å². The van der Waals surface area contributed by atoms with E-state index < -0.39 is 28.7 Å². The molecule has 0 aliphatic heterocycles. The molecule has 3 aromatic carbocycles. The van der Waals surface area contributed by atoms with Crippen molar-refractivity contribution in [2.45, 2.75) is 6.04 Å². The van der Waals surface area contributed by atoms with E-state index in [2.05, 4.69) is 10.3 Å². The number of benzene rings is 3. The number of nitrogens with zero attached hydrogens (tertiary/aromatic N) is 3. The maximum Gasteiger partial charge on any atom is 0.297 e. The fraction of sp³-hybridized carbons (Fsp3) is 0.115. The van der Waals surface area contributed by atoms with E-state index in [1.807, 2.05) is 60.7 Å². The number of amides is 1. The Hall–Kier alpha value is -4.46. The Morgan fingerprint density at radius 2 is 1.59 bits per heavy atom. The van der Waals surface area contributed by atoms with Crippen molar-refractivity contribution in [1.82, 2.24) is 9.55 Å². The zero-order valence-corrected chi connectivity index (χ0v) is 18.6. The van der Waals surface area contributed by atoms with Crippen molar-refractivity contribution in [3.05, 3.63) is 118 Å². The quantitative estimate of drug-likeness (QED) is 0.454. The number of aromatic nitrogens is 2. The molecule has 34 heavy (non-hydrogen) atoms. The lowest BCUT2D eigenvalue weighted by Gasteiger charge is -2.31. The lowest BCUT2D eigenvalue weighted by Crippen LogP contribution is -2.34. The van der Waals surface area contributed by atoms with Crippen LogP contribution in [0.4, 0.5) is 16.0 Å². The highest BCUT2D eigenvalue weighted by atomic mass is 19.1. The van der Waals surface area contributed by atoms with Crippen LogP contribution in [0.15, 0.2) is 89.7 Å². The van der Waals surface area contributed by atoms with Gasteiger partial charge in [0.25, 0.3) is 11.5 Å². The zero-order chi connectivity index (χ0) is 24.2. The number of halogens is 1. The van der Waals surface area contributed by atoms with Crippen molar-refractivity contribution < 1.29 is 14.3 Å². The molecular formula is C26H23FN4O3. The van der Waals surface area contributed by atoms with E-state index in [1.54, 1.807) is 11.9 Å². The molecule has 0 fully saturated rings. The fourth-order valence-corrected chi connectivity index (χ4v) is 3.84. The van der Waals surface area contributed by atoms with Crippen molar-refractivity contribution in [3.8, 4) is 5.75 Å². The summed E-state index contributed by atoms with van der Waals surface area (Å²) in [4.78, 5) is 31.8. The third-order valence-corrected chi connectivity index (χ3v) is 5.47. The van der Waals surface area contributed by atoms with Gasteiger partial charge in [-0.05, 0) is 29.3 Å². The summed E-state index contributed by atoms with van der Waals surface area (Å²) in [6, 6.07) is 24.3. The molecule has 0 radical (unpaired) electrons. The van der Waals surface area contributed by atoms with Gasteiger partial charge in [0, 0.05) is 19.8 Å². The largest absolute Gasteiger partial charge is 0.501 e. The van der Waals surface area contributed by atoms with Crippen molar-refractivity contribution in [2.24, 2.45) is 7.05 Å². The Balaban J connectivity index is 1.79. The smallest absolute Gasteiger partial charge is 0.297 e. The normalized spacial score (nSPS) is 10.8. The third-order valence-electron chi connectivity index (χ3n) is 5.47. The van der Waals surface area contributed by atoms with E-state index in [1.165, 1.54) is 29.8 Å². The number of nitrogens with one attached hydrogen (secondary N) is 1. The average molecular weight is 458 g/mol. The molecule has 1 amide bonds. The Morgan fingerprint density at radius 1 is 1.00 bits per heavy atom. The minimum absolute atomic E-state index is 0.171. The van der Waals surface area contributed by atoms with Crippen LogP contribution in [0, 0.1) is 5.82 Å². The molecule has 0 spiro atoms. The topological polar surface area (TPSA) is 87.5 Å². The number of carbonyl (C=O) groups excluding carboxylic acids is 1. The first kappa shape index (κ1) is 22.7. The Kier molecular flexibility index (Phi) is 6.40. The highest BCUT2D eigenvalue weighted by Crippen LogP contribution is 2.31. The molecule has 0 atom stereocenters. The molecule has 7 nitrogen and oxygen atoms in total. The minimum Gasteiger partial charge on any atom is -0.501 e. The van der Waals surface area contributed by atoms with Crippen LogP contribution in [0.1, 0.15) is 27.7 Å². The zero-order valence-electron chi connectivity index (χ0n) is 18.6. The summed E-state index contributed by atoms with van der Waals surface area (Å²) in [7, 11) is 3.24. The van der Waals surface area contributed by atoms with Gasteiger partial charge in [-0.15, -0.1) is 0 Å². The number of hydrogen-bond donors (Lipinski definition) is 2. The first-order chi connectivity index (χ1) is 16.4. The van der Waals surface area contributed by atoms with E-state index in [4.69, 9.17) is 0 Å². The number of anilines is 2. The maximum absolute atomic E-state index is 13.5. The van der Waals surface area contributed by atoms with Crippen molar-refractivity contribution in [1.29, 1.82) is 0 Å². The molecule has 1 heterocycles. The lowest BCUT2D eigenvalue weighted by atomic mass is 9.97. The fourth-order valence-electron chi connectivity index (χ4n) is 3.84. The molecule has 0 saturated heterocycles. The van der Waals surface area contributed by atoms with Crippen molar-refractivity contribution >= 4 is 17.5 Å². The monoisotopic (exact) mass is 458 g/mol. The molecule has 8 heteroatoms. The summed E-state index contributed by atoms with van der Waals surface area (Å²) in [5.41, 5.74) is 0.844. The number of aromatic hydroxyl groups is 1. The summed E-state index contributed by atoms with van der Waals surface area (Å²) >= 11 is 0. The highest BCUT2D eigenvalue weighted by molar-refractivity contribution is 6.04. The molecule has 4 rings (SSSR count). The first-order valence-corrected chi connectivity index (χ1v) is 10.6. The van der Waals surface area contributed by atoms with Gasteiger partial charge < -0.3 is 15.3 Å². The Morgan fingerprint density at radius 3 is 2.15 bits per heavy atom. The van der Waals surface area contributed by atoms with Gasteiger partial charge in [-0.25, -0.2) is 9.37 Å². The van der Waals surface area contributed by atoms with Crippen LogP contribution < -0.4 is 15.8 Å². The number of hydrogen-bond acceptors (Lipinski definition) is 5. The second kappa shape index (κ2) is 9.58. The van der Waals surface area contributed by atoms with Crippen LogP contribution in [0.2, 0.25) is 0 Å². The van der Waals surface area contributed by atoms with Gasteiger partial charge in [-0.2, -0.15) is 0 Å². The van der Waals surface area contributed by atoms with E-state index in [0.29, 0.717) is 0 Å². The minimum atomic E-state index is -0.827. The Bertz CT molecular complexity index is 1330. The van der Waals surface area contributed by atoms with Gasteiger partial charge in [0.1, 0.15) is 5.82 Å². The van der Waals surface area contributed by atoms with Crippen molar-refractivity contribution in [2.75, 3.05) is 17.3 Å². The second-order valence-corrected chi connectivity index (χ2v) is 7.77. The predicted octanol–water partition coefficient (Wildman–Crippen LogP) is 4.10. The SMILES string of the molecule is CN(c1nc(C(=O)Nc2cccc(F)c2)c(O)c(=O)n1C)C(c1ccccc1)c1ccccc1. The molecule has 0 saturated carbocycles. The van der Waals surface area contributed by atoms with Gasteiger partial charge in [-0.1, -0.05) is 66.7 Å². The molecule has 4 aromatic rings. The lowest BCUT2D eigenvalue weighted by molar-refractivity contribution is 0.101. The van der Waals surface area contributed by atoms with E-state index in [-0.39, 0.29) is 17.7 Å². The highest BCUT2D eigenvalue weighted by Gasteiger charge is 2.27. The van der Waals surface area contributed by atoms with Gasteiger partial charge in [0.15, 0.2) is 5.69 Å². The van der Waals surface area contributed by atoms with Crippen LogP contribution in [0.5, 0.6) is 5.75 Å². The van der Waals surface area contributed by atoms with Crippen molar-refractivity contribution in [3.63, 3.8) is 0 Å². The summed E-state index contributed by atoms with van der Waals surface area (Å²) in [6.07, 6.45) is 0. The van der Waals surface area contributed by atoms with Gasteiger partial charge in [0.05, 0.1) is 6.04 Å². The molecule has 172 valence electrons. The summed E-state index contributed by atoms with van der Waals surface area (Å²) < 4.78 is 14.7. The average Bonchev–Trinajstić information content (AvgIpc) is 2.84. The van der Waals surface area contributed by atoms with Crippen LogP contribution in [0.25, 0.3) is 0 Å². The van der Waals surface area contributed by atoms with Gasteiger partial charge >= 0.3 is 0 Å². The van der Waals surface area contributed by atoms with E-state index >= 15 is 0 Å². The molecule has 0 aliphatic carbocycles. The molecule has 1 aromatic heterocycles. The molecule has 0 bridgehead atoms. The molecule has 0 aliphatic rings.